The fraction of sp³-hybridized carbons (Fsp3) is 0.316. The molecule has 3 aromatic rings. The molecule has 0 amide bonds. The highest BCUT2D eigenvalue weighted by Crippen LogP contribution is 2.28. The molecule has 2 aromatic heterocycles. The largest absolute Gasteiger partial charge is 0.445 e. The average Bonchev–Trinajstić information content (AvgIpc) is 3.11. The molecule has 0 unspecified atom stereocenters. The molecule has 1 atom stereocenters. The molecule has 0 aliphatic carbocycles. The Kier molecular flexibility index (Phi) is 4.65. The monoisotopic (exact) mass is 354 g/mol. The quantitative estimate of drug-likeness (QED) is 0.706. The van der Waals surface area contributed by atoms with E-state index < -0.39 is 0 Å². The van der Waals surface area contributed by atoms with Crippen LogP contribution in [0.25, 0.3) is 0 Å². The van der Waals surface area contributed by atoms with Gasteiger partial charge in [0.05, 0.1) is 12.1 Å². The summed E-state index contributed by atoms with van der Waals surface area (Å²) in [5.74, 6) is 2.71. The van der Waals surface area contributed by atoms with Crippen LogP contribution >= 0.6 is 11.6 Å². The molecule has 0 saturated carbocycles. The number of anilines is 1. The summed E-state index contributed by atoms with van der Waals surface area (Å²) >= 11 is 6.05. The minimum atomic E-state index is 0.269. The molecule has 4 rings (SSSR count). The highest BCUT2D eigenvalue weighted by Gasteiger charge is 2.26. The molecule has 5 nitrogen and oxygen atoms in total. The second kappa shape index (κ2) is 7.23. The van der Waals surface area contributed by atoms with Crippen LogP contribution in [0.5, 0.6) is 0 Å². The fourth-order valence-corrected chi connectivity index (χ4v) is 3.47. The van der Waals surface area contributed by atoms with Gasteiger partial charge in [0.2, 0.25) is 5.95 Å². The van der Waals surface area contributed by atoms with E-state index >= 15 is 0 Å². The smallest absolute Gasteiger partial charge is 0.225 e. The Bertz CT molecular complexity index is 836. The molecule has 1 saturated heterocycles. The standard InChI is InChI=1S/C19H19ClN4O/c20-16-6-1-4-14(10-16)11-17-12-23-18(25-17)15-5-2-9-24(13-15)19-21-7-3-8-22-19/h1,3-4,6-8,10,12,15H,2,5,9,11,13H2/t15-/m0/s1. The summed E-state index contributed by atoms with van der Waals surface area (Å²) in [5, 5.41) is 0.739. The van der Waals surface area contributed by atoms with E-state index in [9.17, 15) is 0 Å². The van der Waals surface area contributed by atoms with Crippen LogP contribution in [0.2, 0.25) is 5.02 Å². The van der Waals surface area contributed by atoms with Gasteiger partial charge in [-0.15, -0.1) is 0 Å². The number of halogens is 1. The number of benzene rings is 1. The Labute approximate surface area is 151 Å². The van der Waals surface area contributed by atoms with E-state index in [4.69, 9.17) is 16.0 Å². The lowest BCUT2D eigenvalue weighted by atomic mass is 9.98. The first kappa shape index (κ1) is 16.1. The maximum atomic E-state index is 6.05. The molecular weight excluding hydrogens is 336 g/mol. The molecule has 0 spiro atoms. The number of rotatable bonds is 4. The lowest BCUT2D eigenvalue weighted by Crippen LogP contribution is -2.35. The van der Waals surface area contributed by atoms with Crippen molar-refractivity contribution in [2.75, 3.05) is 18.0 Å². The normalized spacial score (nSPS) is 17.6. The molecule has 0 bridgehead atoms. The Hall–Kier alpha value is -2.40. The third-order valence-electron chi connectivity index (χ3n) is 4.44. The maximum Gasteiger partial charge on any atom is 0.225 e. The third-order valence-corrected chi connectivity index (χ3v) is 4.68. The van der Waals surface area contributed by atoms with E-state index in [0.29, 0.717) is 6.42 Å². The predicted octanol–water partition coefficient (Wildman–Crippen LogP) is 4.09. The minimum absolute atomic E-state index is 0.269. The van der Waals surface area contributed by atoms with Crippen LogP contribution in [-0.4, -0.2) is 28.0 Å². The van der Waals surface area contributed by atoms with E-state index in [0.717, 1.165) is 54.1 Å². The fourth-order valence-electron chi connectivity index (χ4n) is 3.26. The molecule has 1 aliphatic rings. The van der Waals surface area contributed by atoms with Crippen LogP contribution < -0.4 is 4.90 Å². The van der Waals surface area contributed by atoms with E-state index in [1.165, 1.54) is 0 Å². The molecule has 1 fully saturated rings. The number of oxazole rings is 1. The summed E-state index contributed by atoms with van der Waals surface area (Å²) in [7, 11) is 0. The molecule has 0 N–H and O–H groups in total. The lowest BCUT2D eigenvalue weighted by molar-refractivity contribution is 0.383. The number of hydrogen-bond donors (Lipinski definition) is 0. The maximum absolute atomic E-state index is 6.05. The minimum Gasteiger partial charge on any atom is -0.445 e. The molecule has 0 radical (unpaired) electrons. The van der Waals surface area contributed by atoms with Gasteiger partial charge in [0, 0.05) is 36.9 Å². The van der Waals surface area contributed by atoms with Gasteiger partial charge < -0.3 is 9.32 Å². The van der Waals surface area contributed by atoms with Gasteiger partial charge in [-0.2, -0.15) is 0 Å². The van der Waals surface area contributed by atoms with Crippen molar-refractivity contribution in [3.8, 4) is 0 Å². The second-order valence-corrected chi connectivity index (χ2v) is 6.74. The van der Waals surface area contributed by atoms with Gasteiger partial charge in [-0.25, -0.2) is 15.0 Å². The van der Waals surface area contributed by atoms with Crippen molar-refractivity contribution in [1.29, 1.82) is 0 Å². The van der Waals surface area contributed by atoms with Crippen molar-refractivity contribution in [2.45, 2.75) is 25.2 Å². The molecule has 3 heterocycles. The SMILES string of the molecule is Clc1cccc(Cc2cnc([C@H]3CCCN(c4ncccn4)C3)o2)c1. The average molecular weight is 355 g/mol. The van der Waals surface area contributed by atoms with Crippen molar-refractivity contribution in [3.63, 3.8) is 0 Å². The summed E-state index contributed by atoms with van der Waals surface area (Å²) < 4.78 is 6.03. The van der Waals surface area contributed by atoms with Crippen LogP contribution in [0.1, 0.15) is 36.0 Å². The van der Waals surface area contributed by atoms with Crippen LogP contribution in [0, 0.1) is 0 Å². The molecule has 1 aromatic carbocycles. The molecule has 25 heavy (non-hydrogen) atoms. The van der Waals surface area contributed by atoms with E-state index in [1.807, 2.05) is 36.5 Å². The second-order valence-electron chi connectivity index (χ2n) is 6.31. The van der Waals surface area contributed by atoms with Crippen molar-refractivity contribution in [3.05, 3.63) is 71.2 Å². The van der Waals surface area contributed by atoms with E-state index in [1.54, 1.807) is 12.4 Å². The van der Waals surface area contributed by atoms with Gasteiger partial charge in [-0.05, 0) is 36.6 Å². The van der Waals surface area contributed by atoms with Crippen molar-refractivity contribution in [1.82, 2.24) is 15.0 Å². The third kappa shape index (κ3) is 3.82. The number of hydrogen-bond acceptors (Lipinski definition) is 5. The lowest BCUT2D eigenvalue weighted by Gasteiger charge is -2.31. The first-order chi connectivity index (χ1) is 12.3. The molecular formula is C19H19ClN4O. The van der Waals surface area contributed by atoms with E-state index in [-0.39, 0.29) is 5.92 Å². The first-order valence-corrected chi connectivity index (χ1v) is 8.87. The summed E-state index contributed by atoms with van der Waals surface area (Å²) in [6, 6.07) is 9.66. The topological polar surface area (TPSA) is 55.1 Å². The van der Waals surface area contributed by atoms with Crippen molar-refractivity contribution in [2.24, 2.45) is 0 Å². The highest BCUT2D eigenvalue weighted by atomic mass is 35.5. The molecule has 1 aliphatic heterocycles. The van der Waals surface area contributed by atoms with Crippen LogP contribution in [-0.2, 0) is 6.42 Å². The summed E-state index contributed by atoms with van der Waals surface area (Å²) in [6.07, 6.45) is 8.23. The highest BCUT2D eigenvalue weighted by molar-refractivity contribution is 6.30. The van der Waals surface area contributed by atoms with Gasteiger partial charge in [-0.3, -0.25) is 0 Å². The zero-order valence-corrected chi connectivity index (χ0v) is 14.6. The van der Waals surface area contributed by atoms with Crippen molar-refractivity contribution >= 4 is 17.5 Å². The van der Waals surface area contributed by atoms with Gasteiger partial charge >= 0.3 is 0 Å². The summed E-state index contributed by atoms with van der Waals surface area (Å²) in [5.41, 5.74) is 1.12. The number of nitrogens with zero attached hydrogens (tertiary/aromatic N) is 4. The van der Waals surface area contributed by atoms with Crippen LogP contribution in [0.3, 0.4) is 0 Å². The predicted molar refractivity (Wildman–Crippen MR) is 97.0 cm³/mol. The molecule has 128 valence electrons. The molecule has 6 heteroatoms. The Morgan fingerprint density at radius 3 is 2.88 bits per heavy atom. The van der Waals surface area contributed by atoms with Gasteiger partial charge in [0.15, 0.2) is 5.89 Å². The zero-order chi connectivity index (χ0) is 17.1. The first-order valence-electron chi connectivity index (χ1n) is 8.49. The zero-order valence-electron chi connectivity index (χ0n) is 13.8. The van der Waals surface area contributed by atoms with Crippen LogP contribution in [0.4, 0.5) is 5.95 Å². The van der Waals surface area contributed by atoms with Crippen molar-refractivity contribution < 1.29 is 4.42 Å². The Morgan fingerprint density at radius 2 is 2.04 bits per heavy atom. The van der Waals surface area contributed by atoms with Gasteiger partial charge in [0.1, 0.15) is 5.76 Å². The summed E-state index contributed by atoms with van der Waals surface area (Å²) in [4.78, 5) is 15.4. The van der Waals surface area contributed by atoms with Crippen LogP contribution in [0.15, 0.2) is 53.3 Å². The van der Waals surface area contributed by atoms with Gasteiger partial charge in [0.25, 0.3) is 0 Å². The Balaban J connectivity index is 1.46. The number of piperidine rings is 1. The summed E-state index contributed by atoms with van der Waals surface area (Å²) in [6.45, 7) is 1.80. The van der Waals surface area contributed by atoms with E-state index in [2.05, 4.69) is 19.9 Å². The Morgan fingerprint density at radius 1 is 1.16 bits per heavy atom. The number of aromatic nitrogens is 3. The van der Waals surface area contributed by atoms with Gasteiger partial charge in [-0.1, -0.05) is 23.7 Å².